The van der Waals surface area contributed by atoms with Crippen molar-refractivity contribution in [3.8, 4) is 0 Å². The van der Waals surface area contributed by atoms with E-state index >= 15 is 0 Å². The summed E-state index contributed by atoms with van der Waals surface area (Å²) in [5.41, 5.74) is -3.37. The normalized spacial score (nSPS) is 21.1. The molecule has 0 aliphatic carbocycles. The Bertz CT molecular complexity index is 1380. The molecule has 2 aromatic carbocycles. The number of amides is 2. The van der Waals surface area contributed by atoms with Crippen LogP contribution in [0.3, 0.4) is 0 Å². The summed E-state index contributed by atoms with van der Waals surface area (Å²) in [6.45, 7) is 8.19. The fourth-order valence-electron chi connectivity index (χ4n) is 5.23. The molecule has 4 atom stereocenters. The zero-order valence-corrected chi connectivity index (χ0v) is 26.0. The molecule has 0 radical (unpaired) electrons. The highest BCUT2D eigenvalue weighted by Crippen LogP contribution is 2.42. The molecule has 1 heterocycles. The Morgan fingerprint density at radius 3 is 2.14 bits per heavy atom. The number of aldehydes is 1. The SMILES string of the molecule is Cc1cc(F)ccc1C1CC(CC=O)(NS(=O)C(C)(C)C)CCN1C(=O)N(C)[C@H](C)c1cc(C(F)(F)F)cc(C(F)(F)F)c1. The minimum absolute atomic E-state index is 0.00402. The molecule has 0 spiro atoms. The minimum atomic E-state index is -5.06. The number of carbonyl (C=O) groups excluding carboxylic acids is 2. The van der Waals surface area contributed by atoms with Crippen molar-refractivity contribution < 1.29 is 44.5 Å². The second kappa shape index (κ2) is 12.8. The first-order valence-corrected chi connectivity index (χ1v) is 15.0. The highest BCUT2D eigenvalue weighted by Gasteiger charge is 2.45. The second-order valence-electron chi connectivity index (χ2n) is 12.2. The van der Waals surface area contributed by atoms with Gasteiger partial charge in [-0.3, -0.25) is 0 Å². The lowest BCUT2D eigenvalue weighted by Gasteiger charge is -2.48. The number of nitrogens with zero attached hydrogens (tertiary/aromatic N) is 2. The van der Waals surface area contributed by atoms with Gasteiger partial charge in [0.15, 0.2) is 0 Å². The van der Waals surface area contributed by atoms with Gasteiger partial charge in [-0.2, -0.15) is 26.3 Å². The van der Waals surface area contributed by atoms with Crippen molar-refractivity contribution >= 4 is 23.3 Å². The number of aryl methyl sites for hydroxylation is 1. The first kappa shape index (κ1) is 35.5. The van der Waals surface area contributed by atoms with Gasteiger partial charge in [-0.05, 0) is 94.5 Å². The molecule has 1 fully saturated rings. The van der Waals surface area contributed by atoms with Crippen LogP contribution in [0.2, 0.25) is 0 Å². The summed E-state index contributed by atoms with van der Waals surface area (Å²) in [5, 5.41) is 0. The lowest BCUT2D eigenvalue weighted by Crippen LogP contribution is -2.59. The number of hydrogen-bond donors (Lipinski definition) is 1. The van der Waals surface area contributed by atoms with Crippen molar-refractivity contribution in [2.24, 2.45) is 0 Å². The Kier molecular flexibility index (Phi) is 10.3. The Labute approximate surface area is 254 Å². The highest BCUT2D eigenvalue weighted by atomic mass is 32.2. The minimum Gasteiger partial charge on any atom is -0.321 e. The van der Waals surface area contributed by atoms with Crippen LogP contribution in [0.4, 0.5) is 35.5 Å². The number of likely N-dealkylation sites (tertiary alicyclic amines) is 1. The standard InChI is InChI=1S/C30H36F7N3O3S/c1-18-13-23(31)7-8-24(18)25-17-28(10-12-41,38-44(43)27(3,4)5)9-11-40(25)26(42)39(6)19(2)20-14-21(29(32,33)34)16-22(15-20)30(35,36)37/h7-8,12-16,19,25,38H,9-11,17H2,1-6H3/t19-,25?,28?,44?/m1/s1. The largest absolute Gasteiger partial charge is 0.416 e. The van der Waals surface area contributed by atoms with Gasteiger partial charge in [0.2, 0.25) is 0 Å². The van der Waals surface area contributed by atoms with Gasteiger partial charge in [-0.15, -0.1) is 0 Å². The van der Waals surface area contributed by atoms with Crippen LogP contribution in [0.1, 0.15) is 86.9 Å². The number of rotatable bonds is 7. The predicted molar refractivity (Wildman–Crippen MR) is 152 cm³/mol. The van der Waals surface area contributed by atoms with Crippen molar-refractivity contribution in [3.63, 3.8) is 0 Å². The molecule has 244 valence electrons. The number of piperidine rings is 1. The monoisotopic (exact) mass is 651 g/mol. The van der Waals surface area contributed by atoms with Crippen LogP contribution in [0.15, 0.2) is 36.4 Å². The number of urea groups is 1. The molecular weight excluding hydrogens is 615 g/mol. The van der Waals surface area contributed by atoms with E-state index in [2.05, 4.69) is 4.72 Å². The van der Waals surface area contributed by atoms with Crippen molar-refractivity contribution in [1.29, 1.82) is 0 Å². The zero-order chi connectivity index (χ0) is 33.4. The van der Waals surface area contributed by atoms with Gasteiger partial charge < -0.3 is 14.6 Å². The number of carbonyl (C=O) groups is 2. The maximum absolute atomic E-state index is 14.1. The van der Waals surface area contributed by atoms with Gasteiger partial charge in [0.25, 0.3) is 0 Å². The Hall–Kier alpha value is -3.00. The van der Waals surface area contributed by atoms with E-state index in [1.54, 1.807) is 27.7 Å². The molecule has 1 aliphatic rings. The van der Waals surface area contributed by atoms with E-state index in [1.165, 1.54) is 37.1 Å². The number of hydrogen-bond acceptors (Lipinski definition) is 3. The number of nitrogens with one attached hydrogen (secondary N) is 1. The van der Waals surface area contributed by atoms with Gasteiger partial charge >= 0.3 is 18.4 Å². The van der Waals surface area contributed by atoms with Crippen molar-refractivity contribution in [2.45, 2.75) is 88.6 Å². The quantitative estimate of drug-likeness (QED) is 0.249. The lowest BCUT2D eigenvalue weighted by atomic mass is 9.79. The van der Waals surface area contributed by atoms with E-state index in [4.69, 9.17) is 0 Å². The summed E-state index contributed by atoms with van der Waals surface area (Å²) in [4.78, 5) is 28.2. The van der Waals surface area contributed by atoms with E-state index in [9.17, 15) is 44.5 Å². The Morgan fingerprint density at radius 2 is 1.66 bits per heavy atom. The van der Waals surface area contributed by atoms with E-state index < -0.39 is 68.7 Å². The molecule has 0 saturated carbocycles. The Balaban J connectivity index is 2.05. The smallest absolute Gasteiger partial charge is 0.321 e. The van der Waals surface area contributed by atoms with Crippen LogP contribution in [0.25, 0.3) is 0 Å². The first-order valence-electron chi connectivity index (χ1n) is 13.8. The molecule has 1 aliphatic heterocycles. The first-order chi connectivity index (χ1) is 20.1. The van der Waals surface area contributed by atoms with Gasteiger partial charge in [-0.25, -0.2) is 18.1 Å². The zero-order valence-electron chi connectivity index (χ0n) is 25.2. The molecule has 44 heavy (non-hydrogen) atoms. The molecule has 6 nitrogen and oxygen atoms in total. The third-order valence-corrected chi connectivity index (χ3v) is 9.67. The van der Waals surface area contributed by atoms with Crippen LogP contribution < -0.4 is 4.72 Å². The fraction of sp³-hybridized carbons (Fsp3) is 0.533. The molecule has 14 heteroatoms. The lowest BCUT2D eigenvalue weighted by molar-refractivity contribution is -0.143. The van der Waals surface area contributed by atoms with E-state index in [1.807, 2.05) is 0 Å². The summed E-state index contributed by atoms with van der Waals surface area (Å²) in [6.07, 6.45) is -9.24. The number of halogens is 7. The molecule has 0 bridgehead atoms. The van der Waals surface area contributed by atoms with Crippen LogP contribution in [0.5, 0.6) is 0 Å². The molecule has 3 rings (SSSR count). The van der Waals surface area contributed by atoms with Gasteiger partial charge in [0.1, 0.15) is 12.1 Å². The Morgan fingerprint density at radius 1 is 1.09 bits per heavy atom. The molecule has 2 aromatic rings. The molecular formula is C30H36F7N3O3S. The molecule has 1 saturated heterocycles. The van der Waals surface area contributed by atoms with Crippen LogP contribution in [0, 0.1) is 12.7 Å². The fourth-order valence-corrected chi connectivity index (χ4v) is 6.20. The summed E-state index contributed by atoms with van der Waals surface area (Å²) in [5.74, 6) is -0.526. The molecule has 1 N–H and O–H groups in total. The average molecular weight is 652 g/mol. The van der Waals surface area contributed by atoms with Crippen molar-refractivity contribution in [3.05, 3.63) is 70.0 Å². The molecule has 0 aromatic heterocycles. The predicted octanol–water partition coefficient (Wildman–Crippen LogP) is 7.50. The maximum atomic E-state index is 14.1. The van der Waals surface area contributed by atoms with E-state index in [0.717, 1.165) is 4.90 Å². The summed E-state index contributed by atoms with van der Waals surface area (Å²) >= 11 is 0. The summed E-state index contributed by atoms with van der Waals surface area (Å²) in [7, 11) is -0.332. The number of alkyl halides is 6. The van der Waals surface area contributed by atoms with Crippen molar-refractivity contribution in [2.75, 3.05) is 13.6 Å². The molecule has 2 amide bonds. The van der Waals surface area contributed by atoms with Gasteiger partial charge in [0, 0.05) is 25.6 Å². The summed E-state index contributed by atoms with van der Waals surface area (Å²) < 4.78 is 111. The number of benzene rings is 2. The second-order valence-corrected chi connectivity index (χ2v) is 14.2. The highest BCUT2D eigenvalue weighted by molar-refractivity contribution is 7.84. The van der Waals surface area contributed by atoms with Gasteiger partial charge in [0.05, 0.1) is 38.9 Å². The van der Waals surface area contributed by atoms with Crippen LogP contribution >= 0.6 is 0 Å². The average Bonchev–Trinajstić information content (AvgIpc) is 2.90. The van der Waals surface area contributed by atoms with Crippen molar-refractivity contribution in [1.82, 2.24) is 14.5 Å². The van der Waals surface area contributed by atoms with Crippen LogP contribution in [-0.4, -0.2) is 50.2 Å². The third-order valence-electron chi connectivity index (χ3n) is 7.94. The summed E-state index contributed by atoms with van der Waals surface area (Å²) in [6, 6.07) is 2.43. The maximum Gasteiger partial charge on any atom is 0.416 e. The topological polar surface area (TPSA) is 69.7 Å². The van der Waals surface area contributed by atoms with Crippen LogP contribution in [-0.2, 0) is 28.1 Å². The van der Waals surface area contributed by atoms with E-state index in [-0.39, 0.29) is 37.4 Å². The third kappa shape index (κ3) is 7.98. The van der Waals surface area contributed by atoms with Gasteiger partial charge in [-0.1, -0.05) is 6.07 Å². The van der Waals surface area contributed by atoms with E-state index in [0.29, 0.717) is 29.5 Å². The molecule has 3 unspecified atom stereocenters.